The van der Waals surface area contributed by atoms with Gasteiger partial charge in [0, 0.05) is 60.3 Å². The van der Waals surface area contributed by atoms with Gasteiger partial charge in [0.05, 0.1) is 27.8 Å². The lowest BCUT2D eigenvalue weighted by Gasteiger charge is -2.21. The highest BCUT2D eigenvalue weighted by Crippen LogP contribution is 2.47. The summed E-state index contributed by atoms with van der Waals surface area (Å²) in [5, 5.41) is 11.7. The first-order valence-electron chi connectivity index (χ1n) is 25.2. The van der Waals surface area contributed by atoms with Crippen LogP contribution in [0.1, 0.15) is 0 Å². The first-order chi connectivity index (χ1) is 36.7. The van der Waals surface area contributed by atoms with Crippen LogP contribution in [0.15, 0.2) is 261 Å². The van der Waals surface area contributed by atoms with Crippen molar-refractivity contribution in [3.63, 3.8) is 0 Å². The Bertz CT molecular complexity index is 4690. The molecule has 3 heterocycles. The van der Waals surface area contributed by atoms with Crippen LogP contribution in [0.2, 0.25) is 0 Å². The maximum absolute atomic E-state index is 5.58. The molecule has 0 radical (unpaired) electrons. The van der Waals surface area contributed by atoms with Crippen LogP contribution in [0.25, 0.3) is 144 Å². The van der Waals surface area contributed by atoms with Gasteiger partial charge in [0.25, 0.3) is 0 Å². The minimum Gasteiger partial charge on any atom is -0.309 e. The average Bonchev–Trinajstić information content (AvgIpc) is 4.01. The van der Waals surface area contributed by atoms with Crippen LogP contribution in [-0.2, 0) is 0 Å². The van der Waals surface area contributed by atoms with Gasteiger partial charge >= 0.3 is 0 Å². The molecule has 15 aromatic rings. The lowest BCUT2D eigenvalue weighted by molar-refractivity contribution is 1.08. The monoisotopic (exact) mass is 941 g/mol. The molecule has 0 atom stereocenters. The fourth-order valence-electron chi connectivity index (χ4n) is 11.5. The van der Waals surface area contributed by atoms with E-state index in [9.17, 15) is 0 Å². The van der Waals surface area contributed by atoms with Gasteiger partial charge in [-0.05, 0) is 86.8 Å². The van der Waals surface area contributed by atoms with Crippen molar-refractivity contribution in [3.05, 3.63) is 261 Å². The van der Waals surface area contributed by atoms with Crippen molar-refractivity contribution in [1.29, 1.82) is 0 Å². The Morgan fingerprint density at radius 3 is 1.54 bits per heavy atom. The van der Waals surface area contributed by atoms with Gasteiger partial charge in [-0.2, -0.15) is 0 Å². The van der Waals surface area contributed by atoms with Crippen LogP contribution in [0.4, 0.5) is 0 Å². The lowest BCUT2D eigenvalue weighted by Crippen LogP contribution is -2.04. The Morgan fingerprint density at radius 1 is 0.243 bits per heavy atom. The Labute approximate surface area is 426 Å². The molecule has 0 spiro atoms. The average molecular weight is 942 g/mol. The van der Waals surface area contributed by atoms with Crippen LogP contribution >= 0.6 is 0 Å². The molecule has 0 aliphatic heterocycles. The van der Waals surface area contributed by atoms with E-state index in [0.717, 1.165) is 77.6 Å². The van der Waals surface area contributed by atoms with Crippen molar-refractivity contribution in [2.45, 2.75) is 0 Å². The molecule has 0 aliphatic rings. The van der Waals surface area contributed by atoms with Gasteiger partial charge < -0.3 is 9.13 Å². The van der Waals surface area contributed by atoms with E-state index in [1.54, 1.807) is 0 Å². The molecule has 5 nitrogen and oxygen atoms in total. The fourth-order valence-corrected chi connectivity index (χ4v) is 11.5. The van der Waals surface area contributed by atoms with Crippen molar-refractivity contribution in [2.75, 3.05) is 0 Å². The van der Waals surface area contributed by atoms with Gasteiger partial charge in [0.1, 0.15) is 0 Å². The third-order valence-electron chi connectivity index (χ3n) is 14.9. The van der Waals surface area contributed by atoms with E-state index in [4.69, 9.17) is 15.0 Å². The van der Waals surface area contributed by atoms with E-state index in [1.807, 2.05) is 18.2 Å². The molecule has 0 saturated heterocycles. The number of rotatable bonds is 7. The molecule has 5 heteroatoms. The number of hydrogen-bond acceptors (Lipinski definition) is 3. The molecule has 0 fully saturated rings. The van der Waals surface area contributed by atoms with Crippen LogP contribution in [0, 0.1) is 0 Å². The van der Waals surface area contributed by atoms with Gasteiger partial charge in [-0.25, -0.2) is 15.0 Å². The van der Waals surface area contributed by atoms with Crippen molar-refractivity contribution < 1.29 is 0 Å². The Morgan fingerprint density at radius 2 is 0.784 bits per heavy atom. The van der Waals surface area contributed by atoms with E-state index in [0.29, 0.717) is 17.5 Å². The second-order valence-electron chi connectivity index (χ2n) is 19.1. The topological polar surface area (TPSA) is 48.5 Å². The number of aromatic nitrogens is 5. The first-order valence-corrected chi connectivity index (χ1v) is 25.2. The third kappa shape index (κ3) is 6.68. The zero-order chi connectivity index (χ0) is 48.7. The van der Waals surface area contributed by atoms with Gasteiger partial charge in [0.2, 0.25) is 0 Å². The molecule has 0 saturated carbocycles. The van der Waals surface area contributed by atoms with Crippen molar-refractivity contribution in [1.82, 2.24) is 24.1 Å². The summed E-state index contributed by atoms with van der Waals surface area (Å²) in [4.78, 5) is 16.4. The Kier molecular flexibility index (Phi) is 9.50. The summed E-state index contributed by atoms with van der Waals surface area (Å²) >= 11 is 0. The predicted molar refractivity (Wildman–Crippen MR) is 308 cm³/mol. The molecule has 74 heavy (non-hydrogen) atoms. The molecule has 12 aromatic carbocycles. The Hall–Kier alpha value is -9.97. The highest BCUT2D eigenvalue weighted by molar-refractivity contribution is 6.22. The second kappa shape index (κ2) is 16.8. The molecule has 0 aliphatic carbocycles. The zero-order valence-corrected chi connectivity index (χ0v) is 40.1. The summed E-state index contributed by atoms with van der Waals surface area (Å²) in [6.07, 6.45) is 0. The summed E-state index contributed by atoms with van der Waals surface area (Å²) < 4.78 is 4.89. The molecular formula is C69H43N5. The number of para-hydroxylation sites is 2. The highest BCUT2D eigenvalue weighted by atomic mass is 15.0. The maximum Gasteiger partial charge on any atom is 0.164 e. The number of hydrogen-bond donors (Lipinski definition) is 0. The van der Waals surface area contributed by atoms with Crippen molar-refractivity contribution >= 4 is 75.9 Å². The summed E-state index contributed by atoms with van der Waals surface area (Å²) in [5.74, 6) is 1.79. The quantitative estimate of drug-likeness (QED) is 0.160. The van der Waals surface area contributed by atoms with Gasteiger partial charge in [-0.3, -0.25) is 0 Å². The minimum atomic E-state index is 0.593. The van der Waals surface area contributed by atoms with E-state index in [2.05, 4.69) is 252 Å². The Balaban J connectivity index is 1.07. The van der Waals surface area contributed by atoms with Crippen LogP contribution in [0.3, 0.4) is 0 Å². The first kappa shape index (κ1) is 41.8. The molecule has 0 N–H and O–H groups in total. The summed E-state index contributed by atoms with van der Waals surface area (Å²) in [5.41, 5.74) is 13.8. The van der Waals surface area contributed by atoms with E-state index in [-0.39, 0.29) is 0 Å². The van der Waals surface area contributed by atoms with Crippen molar-refractivity contribution in [3.8, 4) is 67.8 Å². The normalized spacial score (nSPS) is 11.8. The highest BCUT2D eigenvalue weighted by Gasteiger charge is 2.25. The summed E-state index contributed by atoms with van der Waals surface area (Å²) in [7, 11) is 0. The minimum absolute atomic E-state index is 0.593. The fraction of sp³-hybridized carbons (Fsp3) is 0. The van der Waals surface area contributed by atoms with Gasteiger partial charge in [0.15, 0.2) is 17.5 Å². The molecule has 0 amide bonds. The predicted octanol–water partition coefficient (Wildman–Crippen LogP) is 17.9. The molecule has 3 aromatic heterocycles. The maximum atomic E-state index is 5.58. The van der Waals surface area contributed by atoms with Crippen LogP contribution in [-0.4, -0.2) is 24.1 Å². The van der Waals surface area contributed by atoms with Crippen molar-refractivity contribution in [2.24, 2.45) is 0 Å². The van der Waals surface area contributed by atoms with Crippen LogP contribution < -0.4 is 0 Å². The summed E-state index contributed by atoms with van der Waals surface area (Å²) in [6, 6.07) is 93.7. The second-order valence-corrected chi connectivity index (χ2v) is 19.1. The van der Waals surface area contributed by atoms with E-state index in [1.165, 1.54) is 48.6 Å². The molecule has 0 bridgehead atoms. The van der Waals surface area contributed by atoms with E-state index < -0.39 is 0 Å². The third-order valence-corrected chi connectivity index (χ3v) is 14.9. The number of nitrogens with zero attached hydrogens (tertiary/aromatic N) is 5. The molecule has 15 rings (SSSR count). The van der Waals surface area contributed by atoms with Crippen LogP contribution in [0.5, 0.6) is 0 Å². The molecule has 0 unspecified atom stereocenters. The number of benzene rings is 12. The van der Waals surface area contributed by atoms with E-state index >= 15 is 0 Å². The SMILES string of the molecule is c1ccc(-c2ccc3c(-n4c5cc6ccccc6cc5c5ccc6ccccc6c54)c(-c4ccccc4)cc(-c4nc(-c5ccccc5)nc(-c5ccc6c7ccccc7n(-c7ccccc7)c6c5)n4)c3c2)cc1. The zero-order valence-electron chi connectivity index (χ0n) is 40.1. The van der Waals surface area contributed by atoms with Gasteiger partial charge in [-0.15, -0.1) is 0 Å². The smallest absolute Gasteiger partial charge is 0.164 e. The lowest BCUT2D eigenvalue weighted by atomic mass is 9.91. The molecular weight excluding hydrogens is 899 g/mol. The number of fused-ring (bicyclic) bond motifs is 10. The van der Waals surface area contributed by atoms with Gasteiger partial charge in [-0.1, -0.05) is 212 Å². The standard InChI is InChI=1S/C69H43N5/c1-5-19-44(20-6-1)50-34-38-56-59(39-50)61(43-58(45-21-7-2-8-22-45)66(56)74-64-41-49-27-14-13-26-48(49)40-60(64)57-37-33-46-23-15-16-30-53(46)65(57)74)69-71-67(47-24-9-3-10-25-47)70-68(72-69)51-35-36-55-54-31-17-18-32-62(54)73(63(55)42-51)52-28-11-4-12-29-52/h1-43H. The molecule has 344 valence electrons. The summed E-state index contributed by atoms with van der Waals surface area (Å²) in [6.45, 7) is 0. The largest absolute Gasteiger partial charge is 0.309 e.